The number of rotatable bonds is 2. The lowest BCUT2D eigenvalue weighted by atomic mass is 9.82. The number of hydrogen-bond donors (Lipinski definition) is 0. The predicted octanol–water partition coefficient (Wildman–Crippen LogP) is 4.71. The van der Waals surface area contributed by atoms with Gasteiger partial charge in [-0.1, -0.05) is 72.8 Å². The summed E-state index contributed by atoms with van der Waals surface area (Å²) in [6.45, 7) is 0. The average molecular weight is 298 g/mol. The third kappa shape index (κ3) is 1.82. The number of carbonyl (C=O) groups excluding carboxylic acids is 1. The lowest BCUT2D eigenvalue weighted by Gasteiger charge is -2.19. The van der Waals surface area contributed by atoms with Crippen LogP contribution in [0.5, 0.6) is 0 Å². The van der Waals surface area contributed by atoms with Crippen LogP contribution in [-0.2, 0) is 4.74 Å². The van der Waals surface area contributed by atoms with Gasteiger partial charge in [-0.2, -0.15) is 0 Å². The molecule has 110 valence electrons. The number of ether oxygens (including phenoxy) is 1. The molecule has 0 saturated carbocycles. The van der Waals surface area contributed by atoms with Gasteiger partial charge >= 0.3 is 0 Å². The maximum atomic E-state index is 12.9. The zero-order valence-electron chi connectivity index (χ0n) is 12.4. The summed E-state index contributed by atoms with van der Waals surface area (Å²) < 4.78 is 5.91. The highest BCUT2D eigenvalue weighted by molar-refractivity contribution is 6.11. The standard InChI is InChI=1S/C21H14O2/c22-19(13-7-2-1-3-8-13)17-12-6-11-15-14-9-4-5-10-16(14)20-21(23-20)18(15)17/h1-12,20-21H. The van der Waals surface area contributed by atoms with Crippen LogP contribution in [0.4, 0.5) is 0 Å². The highest BCUT2D eigenvalue weighted by Gasteiger charge is 2.48. The Morgan fingerprint density at radius 2 is 1.48 bits per heavy atom. The summed E-state index contributed by atoms with van der Waals surface area (Å²) in [4.78, 5) is 12.9. The maximum Gasteiger partial charge on any atom is 0.193 e. The van der Waals surface area contributed by atoms with Gasteiger partial charge in [-0.05, 0) is 16.7 Å². The van der Waals surface area contributed by atoms with Crippen molar-refractivity contribution in [3.8, 4) is 11.1 Å². The van der Waals surface area contributed by atoms with Crippen molar-refractivity contribution < 1.29 is 9.53 Å². The Balaban J connectivity index is 1.72. The van der Waals surface area contributed by atoms with Crippen LogP contribution in [0.25, 0.3) is 11.1 Å². The van der Waals surface area contributed by atoms with Crippen LogP contribution in [-0.4, -0.2) is 5.78 Å². The molecule has 2 unspecified atom stereocenters. The van der Waals surface area contributed by atoms with Gasteiger partial charge in [-0.3, -0.25) is 4.79 Å². The smallest absolute Gasteiger partial charge is 0.193 e. The third-order valence-electron chi connectivity index (χ3n) is 4.72. The van der Waals surface area contributed by atoms with Crippen molar-refractivity contribution in [1.29, 1.82) is 0 Å². The molecule has 1 aliphatic carbocycles. The van der Waals surface area contributed by atoms with Crippen molar-refractivity contribution in [2.24, 2.45) is 0 Å². The molecule has 2 atom stereocenters. The van der Waals surface area contributed by atoms with Crippen molar-refractivity contribution in [3.05, 3.63) is 95.1 Å². The number of benzene rings is 3. The van der Waals surface area contributed by atoms with E-state index in [0.717, 1.165) is 22.3 Å². The number of epoxide rings is 1. The van der Waals surface area contributed by atoms with Crippen LogP contribution in [0.3, 0.4) is 0 Å². The van der Waals surface area contributed by atoms with Gasteiger partial charge in [-0.15, -0.1) is 0 Å². The molecule has 0 amide bonds. The van der Waals surface area contributed by atoms with Crippen molar-refractivity contribution in [2.45, 2.75) is 12.2 Å². The minimum Gasteiger partial charge on any atom is -0.359 e. The summed E-state index contributed by atoms with van der Waals surface area (Å²) in [5, 5.41) is 0. The predicted molar refractivity (Wildman–Crippen MR) is 88.3 cm³/mol. The minimum absolute atomic E-state index is 0.0174. The number of hydrogen-bond acceptors (Lipinski definition) is 2. The van der Waals surface area contributed by atoms with E-state index in [1.807, 2.05) is 54.6 Å². The molecule has 2 aliphatic rings. The fraction of sp³-hybridized carbons (Fsp3) is 0.0952. The maximum absolute atomic E-state index is 12.9. The minimum atomic E-state index is 0.0174. The quantitative estimate of drug-likeness (QED) is 0.506. The lowest BCUT2D eigenvalue weighted by molar-refractivity contribution is 0.103. The number of fused-ring (bicyclic) bond motifs is 6. The molecule has 0 bridgehead atoms. The molecule has 1 saturated heterocycles. The van der Waals surface area contributed by atoms with Gasteiger partial charge < -0.3 is 4.74 Å². The van der Waals surface area contributed by atoms with Crippen molar-refractivity contribution in [3.63, 3.8) is 0 Å². The molecular weight excluding hydrogens is 284 g/mol. The van der Waals surface area contributed by atoms with Crippen molar-refractivity contribution >= 4 is 5.78 Å². The van der Waals surface area contributed by atoms with Crippen LogP contribution in [0.1, 0.15) is 39.3 Å². The first kappa shape index (κ1) is 12.8. The Kier molecular flexibility index (Phi) is 2.58. The van der Waals surface area contributed by atoms with Crippen molar-refractivity contribution in [1.82, 2.24) is 0 Å². The zero-order chi connectivity index (χ0) is 15.4. The highest BCUT2D eigenvalue weighted by Crippen LogP contribution is 2.60. The first-order valence-electron chi connectivity index (χ1n) is 7.82. The topological polar surface area (TPSA) is 29.6 Å². The average Bonchev–Trinajstić information content (AvgIpc) is 3.42. The number of ketones is 1. The first-order valence-corrected chi connectivity index (χ1v) is 7.82. The Bertz CT molecular complexity index is 928. The summed E-state index contributed by atoms with van der Waals surface area (Å²) in [6.07, 6.45) is 0.118. The second-order valence-corrected chi connectivity index (χ2v) is 6.03. The molecule has 0 spiro atoms. The first-order chi connectivity index (χ1) is 11.3. The molecule has 0 aromatic heterocycles. The van der Waals surface area contributed by atoms with Gasteiger partial charge in [0, 0.05) is 16.7 Å². The van der Waals surface area contributed by atoms with E-state index in [9.17, 15) is 4.79 Å². The molecule has 0 radical (unpaired) electrons. The SMILES string of the molecule is O=C(c1ccccc1)c1cccc2c1C1OC1c1ccccc1-2. The van der Waals surface area contributed by atoms with Gasteiger partial charge in [0.05, 0.1) is 0 Å². The van der Waals surface area contributed by atoms with E-state index in [-0.39, 0.29) is 18.0 Å². The third-order valence-corrected chi connectivity index (χ3v) is 4.72. The summed E-state index contributed by atoms with van der Waals surface area (Å²) >= 11 is 0. The van der Waals surface area contributed by atoms with Gasteiger partial charge in [0.25, 0.3) is 0 Å². The molecule has 1 aliphatic heterocycles. The van der Waals surface area contributed by atoms with Crippen LogP contribution in [0, 0.1) is 0 Å². The molecule has 2 nitrogen and oxygen atoms in total. The largest absolute Gasteiger partial charge is 0.359 e. The van der Waals surface area contributed by atoms with E-state index in [0.29, 0.717) is 0 Å². The molecule has 3 aromatic rings. The van der Waals surface area contributed by atoms with Gasteiger partial charge in [0.15, 0.2) is 5.78 Å². The molecule has 1 heterocycles. The number of carbonyl (C=O) groups is 1. The van der Waals surface area contributed by atoms with Crippen LogP contribution in [0.2, 0.25) is 0 Å². The van der Waals surface area contributed by atoms with E-state index >= 15 is 0 Å². The normalized spacial score (nSPS) is 20.2. The molecule has 3 aromatic carbocycles. The lowest BCUT2D eigenvalue weighted by Crippen LogP contribution is -2.09. The summed E-state index contributed by atoms with van der Waals surface area (Å²) in [6, 6.07) is 23.7. The molecule has 5 rings (SSSR count). The molecule has 2 heteroatoms. The van der Waals surface area contributed by atoms with E-state index in [2.05, 4.69) is 18.2 Å². The van der Waals surface area contributed by atoms with Gasteiger partial charge in [-0.25, -0.2) is 0 Å². The molecule has 23 heavy (non-hydrogen) atoms. The zero-order valence-corrected chi connectivity index (χ0v) is 12.4. The molecule has 0 N–H and O–H groups in total. The van der Waals surface area contributed by atoms with Crippen LogP contribution < -0.4 is 0 Å². The van der Waals surface area contributed by atoms with Gasteiger partial charge in [0.2, 0.25) is 0 Å². The Hall–Kier alpha value is -2.71. The monoisotopic (exact) mass is 298 g/mol. The summed E-state index contributed by atoms with van der Waals surface area (Å²) in [5.41, 5.74) is 6.07. The summed E-state index contributed by atoms with van der Waals surface area (Å²) in [7, 11) is 0. The Labute approximate surface area is 134 Å². The van der Waals surface area contributed by atoms with E-state index in [1.54, 1.807) is 0 Å². The van der Waals surface area contributed by atoms with E-state index in [4.69, 9.17) is 4.74 Å². The van der Waals surface area contributed by atoms with Gasteiger partial charge in [0.1, 0.15) is 12.2 Å². The highest BCUT2D eigenvalue weighted by atomic mass is 16.6. The fourth-order valence-corrected chi connectivity index (χ4v) is 3.61. The summed E-state index contributed by atoms with van der Waals surface area (Å²) in [5.74, 6) is 0.0658. The van der Waals surface area contributed by atoms with Crippen molar-refractivity contribution in [2.75, 3.05) is 0 Å². The van der Waals surface area contributed by atoms with Crippen LogP contribution in [0.15, 0.2) is 72.8 Å². The second kappa shape index (κ2) is 4.64. The van der Waals surface area contributed by atoms with Crippen LogP contribution >= 0.6 is 0 Å². The molecule has 1 fully saturated rings. The molecular formula is C21H14O2. The second-order valence-electron chi connectivity index (χ2n) is 6.03. The van der Waals surface area contributed by atoms with E-state index < -0.39 is 0 Å². The fourth-order valence-electron chi connectivity index (χ4n) is 3.61. The Morgan fingerprint density at radius 3 is 2.35 bits per heavy atom. The Morgan fingerprint density at radius 1 is 0.739 bits per heavy atom. The van der Waals surface area contributed by atoms with E-state index in [1.165, 1.54) is 11.1 Å².